The summed E-state index contributed by atoms with van der Waals surface area (Å²) in [6, 6.07) is 7.76. The van der Waals surface area contributed by atoms with Gasteiger partial charge < -0.3 is 16.0 Å². The number of hydrogen-bond acceptors (Lipinski definition) is 3. The summed E-state index contributed by atoms with van der Waals surface area (Å²) in [5.41, 5.74) is 6.38. The number of likely N-dealkylation sites (N-methyl/N-ethyl adjacent to an activating group) is 1. The fourth-order valence-corrected chi connectivity index (χ4v) is 2.91. The maximum absolute atomic E-state index is 12.6. The molecule has 0 aliphatic carbocycles. The van der Waals surface area contributed by atoms with Gasteiger partial charge in [0.1, 0.15) is 0 Å². The number of benzene rings is 1. The van der Waals surface area contributed by atoms with Crippen LogP contribution < -0.4 is 11.1 Å². The van der Waals surface area contributed by atoms with E-state index in [9.17, 15) is 4.79 Å². The van der Waals surface area contributed by atoms with Gasteiger partial charge in [0.2, 0.25) is 5.91 Å². The van der Waals surface area contributed by atoms with Crippen LogP contribution in [-0.4, -0.2) is 38.0 Å². The fraction of sp³-hybridized carbons (Fsp3) is 0.588. The Morgan fingerprint density at radius 1 is 1.32 bits per heavy atom. The van der Waals surface area contributed by atoms with Crippen molar-refractivity contribution < 1.29 is 4.79 Å². The second-order valence-electron chi connectivity index (χ2n) is 5.90. The van der Waals surface area contributed by atoms with Crippen LogP contribution in [0.2, 0.25) is 5.02 Å². The van der Waals surface area contributed by atoms with Crippen molar-refractivity contribution >= 4 is 17.5 Å². The third-order valence-electron chi connectivity index (χ3n) is 4.57. The molecule has 0 saturated heterocycles. The molecule has 0 bridgehead atoms. The standard InChI is InChI=1S/C17H28ClN3O/c1-5-17(6-2,12-19)16(22)20-11-15(21(3)4)13-9-7-8-10-14(13)18/h7-10,15H,5-6,11-12,19H2,1-4H3,(H,20,22). The maximum atomic E-state index is 12.6. The number of rotatable bonds is 8. The van der Waals surface area contributed by atoms with Crippen LogP contribution in [0.15, 0.2) is 24.3 Å². The first-order valence-corrected chi connectivity index (χ1v) is 8.18. The topological polar surface area (TPSA) is 58.4 Å². The second-order valence-corrected chi connectivity index (χ2v) is 6.31. The number of amides is 1. The van der Waals surface area contributed by atoms with Crippen LogP contribution in [-0.2, 0) is 4.79 Å². The first-order valence-electron chi connectivity index (χ1n) is 7.81. The summed E-state index contributed by atoms with van der Waals surface area (Å²) in [5.74, 6) is 0.0268. The lowest BCUT2D eigenvalue weighted by Crippen LogP contribution is -2.47. The summed E-state index contributed by atoms with van der Waals surface area (Å²) in [6.45, 7) is 4.89. The lowest BCUT2D eigenvalue weighted by Gasteiger charge is -2.31. The molecule has 1 rings (SSSR count). The Morgan fingerprint density at radius 3 is 2.36 bits per heavy atom. The van der Waals surface area contributed by atoms with Crippen LogP contribution in [0.1, 0.15) is 38.3 Å². The zero-order valence-electron chi connectivity index (χ0n) is 14.0. The molecule has 0 aliphatic heterocycles. The molecule has 5 heteroatoms. The van der Waals surface area contributed by atoms with Crippen LogP contribution in [0.5, 0.6) is 0 Å². The van der Waals surface area contributed by atoms with Crippen LogP contribution >= 0.6 is 11.6 Å². The zero-order chi connectivity index (χ0) is 16.8. The van der Waals surface area contributed by atoms with E-state index in [0.717, 1.165) is 18.4 Å². The van der Waals surface area contributed by atoms with Gasteiger partial charge in [0.25, 0.3) is 0 Å². The van der Waals surface area contributed by atoms with E-state index >= 15 is 0 Å². The van der Waals surface area contributed by atoms with Gasteiger partial charge in [-0.05, 0) is 38.6 Å². The molecule has 22 heavy (non-hydrogen) atoms. The van der Waals surface area contributed by atoms with Crippen molar-refractivity contribution in [2.45, 2.75) is 32.7 Å². The molecule has 4 nitrogen and oxygen atoms in total. The quantitative estimate of drug-likeness (QED) is 0.772. The van der Waals surface area contributed by atoms with Gasteiger partial charge in [-0.2, -0.15) is 0 Å². The van der Waals surface area contributed by atoms with Gasteiger partial charge in [-0.25, -0.2) is 0 Å². The summed E-state index contributed by atoms with van der Waals surface area (Å²) in [5, 5.41) is 3.78. The maximum Gasteiger partial charge on any atom is 0.227 e. The Bertz CT molecular complexity index is 478. The largest absolute Gasteiger partial charge is 0.354 e. The number of hydrogen-bond donors (Lipinski definition) is 2. The molecular formula is C17H28ClN3O. The highest BCUT2D eigenvalue weighted by molar-refractivity contribution is 6.31. The van der Waals surface area contributed by atoms with Gasteiger partial charge in [-0.1, -0.05) is 43.6 Å². The lowest BCUT2D eigenvalue weighted by molar-refractivity contribution is -0.131. The minimum atomic E-state index is -0.475. The lowest BCUT2D eigenvalue weighted by atomic mass is 9.81. The molecule has 0 aromatic heterocycles. The molecule has 124 valence electrons. The molecule has 0 aliphatic rings. The minimum absolute atomic E-state index is 0.0268. The van der Waals surface area contributed by atoms with E-state index in [2.05, 4.69) is 10.2 Å². The Morgan fingerprint density at radius 2 is 1.91 bits per heavy atom. The number of nitrogens with two attached hydrogens (primary N) is 1. The fourth-order valence-electron chi connectivity index (χ4n) is 2.65. The van der Waals surface area contributed by atoms with E-state index in [1.807, 2.05) is 52.2 Å². The Hall–Kier alpha value is -1.10. The highest BCUT2D eigenvalue weighted by Crippen LogP contribution is 2.27. The summed E-state index contributed by atoms with van der Waals surface area (Å²) in [4.78, 5) is 14.6. The van der Waals surface area contributed by atoms with Crippen molar-refractivity contribution in [1.29, 1.82) is 0 Å². The first-order chi connectivity index (χ1) is 10.4. The first kappa shape index (κ1) is 18.9. The van der Waals surface area contributed by atoms with E-state index in [1.54, 1.807) is 0 Å². The van der Waals surface area contributed by atoms with Gasteiger partial charge in [-0.15, -0.1) is 0 Å². The molecular weight excluding hydrogens is 298 g/mol. The average Bonchev–Trinajstić information content (AvgIpc) is 2.51. The van der Waals surface area contributed by atoms with E-state index in [-0.39, 0.29) is 11.9 Å². The SMILES string of the molecule is CCC(CC)(CN)C(=O)NCC(c1ccccc1Cl)N(C)C. The van der Waals surface area contributed by atoms with E-state index < -0.39 is 5.41 Å². The molecule has 0 saturated carbocycles. The van der Waals surface area contributed by atoms with Crippen LogP contribution in [0.4, 0.5) is 0 Å². The molecule has 0 radical (unpaired) electrons. The molecule has 0 spiro atoms. The van der Waals surface area contributed by atoms with Gasteiger partial charge in [0.15, 0.2) is 0 Å². The Kier molecular flexibility index (Phi) is 7.33. The molecule has 1 aromatic rings. The minimum Gasteiger partial charge on any atom is -0.354 e. The molecule has 1 unspecified atom stereocenters. The smallest absolute Gasteiger partial charge is 0.227 e. The van der Waals surface area contributed by atoms with E-state index in [1.165, 1.54) is 0 Å². The number of halogens is 1. The van der Waals surface area contributed by atoms with Crippen molar-refractivity contribution in [3.05, 3.63) is 34.9 Å². The number of carbonyl (C=O) groups excluding carboxylic acids is 1. The molecule has 0 heterocycles. The van der Waals surface area contributed by atoms with E-state index in [0.29, 0.717) is 18.1 Å². The monoisotopic (exact) mass is 325 g/mol. The average molecular weight is 326 g/mol. The van der Waals surface area contributed by atoms with Crippen molar-refractivity contribution in [2.24, 2.45) is 11.1 Å². The van der Waals surface area contributed by atoms with Crippen molar-refractivity contribution in [2.75, 3.05) is 27.2 Å². The van der Waals surface area contributed by atoms with Crippen molar-refractivity contribution in [3.8, 4) is 0 Å². The van der Waals surface area contributed by atoms with Gasteiger partial charge in [0.05, 0.1) is 11.5 Å². The van der Waals surface area contributed by atoms with Crippen molar-refractivity contribution in [1.82, 2.24) is 10.2 Å². The second kappa shape index (κ2) is 8.51. The van der Waals surface area contributed by atoms with Crippen LogP contribution in [0, 0.1) is 5.41 Å². The molecule has 1 atom stereocenters. The Labute approximate surface area is 139 Å². The van der Waals surface area contributed by atoms with Gasteiger partial charge in [-0.3, -0.25) is 4.79 Å². The van der Waals surface area contributed by atoms with Crippen LogP contribution in [0.25, 0.3) is 0 Å². The Balaban J connectivity index is 2.86. The third kappa shape index (κ3) is 4.22. The molecule has 0 fully saturated rings. The predicted molar refractivity (Wildman–Crippen MR) is 93.0 cm³/mol. The number of nitrogens with one attached hydrogen (secondary N) is 1. The summed E-state index contributed by atoms with van der Waals surface area (Å²) in [6.07, 6.45) is 1.48. The summed E-state index contributed by atoms with van der Waals surface area (Å²) >= 11 is 6.29. The predicted octanol–water partition coefficient (Wildman–Crippen LogP) is 2.82. The van der Waals surface area contributed by atoms with Gasteiger partial charge >= 0.3 is 0 Å². The highest BCUT2D eigenvalue weighted by atomic mass is 35.5. The van der Waals surface area contributed by atoms with Gasteiger partial charge in [0, 0.05) is 18.1 Å². The number of nitrogens with zero attached hydrogens (tertiary/aromatic N) is 1. The molecule has 1 amide bonds. The highest BCUT2D eigenvalue weighted by Gasteiger charge is 2.33. The normalized spacial score (nSPS) is 13.2. The molecule has 3 N–H and O–H groups in total. The zero-order valence-corrected chi connectivity index (χ0v) is 14.8. The van der Waals surface area contributed by atoms with E-state index in [4.69, 9.17) is 17.3 Å². The third-order valence-corrected chi connectivity index (χ3v) is 4.91. The summed E-state index contributed by atoms with van der Waals surface area (Å²) < 4.78 is 0. The number of carbonyl (C=O) groups is 1. The van der Waals surface area contributed by atoms with Crippen molar-refractivity contribution in [3.63, 3.8) is 0 Å². The summed E-state index contributed by atoms with van der Waals surface area (Å²) in [7, 11) is 3.96. The molecule has 1 aromatic carbocycles. The van der Waals surface area contributed by atoms with Crippen LogP contribution in [0.3, 0.4) is 0 Å².